The van der Waals surface area contributed by atoms with Gasteiger partial charge in [-0.05, 0) is 38.0 Å². The first-order valence-corrected chi connectivity index (χ1v) is 6.89. The Bertz CT molecular complexity index is 465. The van der Waals surface area contributed by atoms with Gasteiger partial charge in [-0.1, -0.05) is 11.6 Å². The van der Waals surface area contributed by atoms with Crippen molar-refractivity contribution in [2.75, 3.05) is 18.9 Å². The van der Waals surface area contributed by atoms with E-state index in [2.05, 4.69) is 17.6 Å². The Labute approximate surface area is 118 Å². The normalized spacial score (nSPS) is 22.3. The van der Waals surface area contributed by atoms with Crippen LogP contribution in [0.2, 0.25) is 5.02 Å². The highest BCUT2D eigenvalue weighted by Gasteiger charge is 2.21. The van der Waals surface area contributed by atoms with Crippen molar-refractivity contribution in [2.45, 2.75) is 32.0 Å². The molecular weight excluding hydrogens is 264 g/mol. The van der Waals surface area contributed by atoms with Crippen molar-refractivity contribution in [3.05, 3.63) is 28.8 Å². The first-order chi connectivity index (χ1) is 9.10. The zero-order valence-corrected chi connectivity index (χ0v) is 12.0. The number of hydrogen-bond acceptors (Lipinski definition) is 3. The molecule has 1 aromatic rings. The van der Waals surface area contributed by atoms with Gasteiger partial charge in [0.25, 0.3) is 5.91 Å². The van der Waals surface area contributed by atoms with Gasteiger partial charge in [0.2, 0.25) is 0 Å². The van der Waals surface area contributed by atoms with Gasteiger partial charge < -0.3 is 15.4 Å². The van der Waals surface area contributed by atoms with Crippen LogP contribution in [0, 0.1) is 0 Å². The Hall–Kier alpha value is -1.26. The van der Waals surface area contributed by atoms with E-state index >= 15 is 0 Å². The van der Waals surface area contributed by atoms with Crippen LogP contribution in [0.5, 0.6) is 0 Å². The van der Waals surface area contributed by atoms with Crippen molar-refractivity contribution in [3.8, 4) is 0 Å². The summed E-state index contributed by atoms with van der Waals surface area (Å²) in [5.41, 5.74) is 1.36. The van der Waals surface area contributed by atoms with Crippen LogP contribution in [-0.2, 0) is 4.74 Å². The highest BCUT2D eigenvalue weighted by molar-refractivity contribution is 6.34. The predicted molar refractivity (Wildman–Crippen MR) is 76.9 cm³/mol. The summed E-state index contributed by atoms with van der Waals surface area (Å²) in [5.74, 6) is -0.181. The molecule has 0 bridgehead atoms. The van der Waals surface area contributed by atoms with Gasteiger partial charge in [-0.15, -0.1) is 0 Å². The molecule has 1 saturated heterocycles. The molecule has 1 aliphatic heterocycles. The van der Waals surface area contributed by atoms with Crippen molar-refractivity contribution < 1.29 is 9.53 Å². The molecule has 0 saturated carbocycles. The van der Waals surface area contributed by atoms with E-state index in [4.69, 9.17) is 16.3 Å². The van der Waals surface area contributed by atoms with Crippen LogP contribution in [0.25, 0.3) is 0 Å². The molecule has 2 atom stereocenters. The van der Waals surface area contributed by atoms with Crippen LogP contribution in [0.3, 0.4) is 0 Å². The van der Waals surface area contributed by atoms with Crippen LogP contribution in [-0.4, -0.2) is 31.7 Å². The Morgan fingerprint density at radius 2 is 2.26 bits per heavy atom. The number of benzene rings is 1. The standard InChI is InChI=1S/C14H19ClN2O2/c1-9-3-5-11(19-9)8-17-10-4-6-13(15)12(7-10)14(18)16-2/h4,6-7,9,11,17H,3,5,8H2,1-2H3,(H,16,18). The molecule has 1 aromatic carbocycles. The van der Waals surface area contributed by atoms with Gasteiger partial charge in [0, 0.05) is 19.3 Å². The number of rotatable bonds is 4. The monoisotopic (exact) mass is 282 g/mol. The molecule has 0 spiro atoms. The minimum atomic E-state index is -0.181. The first-order valence-electron chi connectivity index (χ1n) is 6.51. The molecule has 0 aliphatic carbocycles. The number of carbonyl (C=O) groups excluding carboxylic acids is 1. The van der Waals surface area contributed by atoms with Gasteiger partial charge in [0.05, 0.1) is 22.8 Å². The van der Waals surface area contributed by atoms with Gasteiger partial charge >= 0.3 is 0 Å². The van der Waals surface area contributed by atoms with Crippen LogP contribution in [0.15, 0.2) is 18.2 Å². The minimum Gasteiger partial charge on any atom is -0.382 e. The maximum absolute atomic E-state index is 11.6. The Morgan fingerprint density at radius 3 is 2.89 bits per heavy atom. The molecule has 1 aliphatic rings. The number of halogens is 1. The fraction of sp³-hybridized carbons (Fsp3) is 0.500. The number of hydrogen-bond donors (Lipinski definition) is 2. The lowest BCUT2D eigenvalue weighted by Crippen LogP contribution is -2.21. The predicted octanol–water partition coefficient (Wildman–Crippen LogP) is 2.68. The van der Waals surface area contributed by atoms with Crippen molar-refractivity contribution in [2.24, 2.45) is 0 Å². The highest BCUT2D eigenvalue weighted by Crippen LogP contribution is 2.22. The lowest BCUT2D eigenvalue weighted by molar-refractivity contribution is 0.0637. The molecule has 5 heteroatoms. The molecule has 0 aromatic heterocycles. The number of ether oxygens (including phenoxy) is 1. The summed E-state index contributed by atoms with van der Waals surface area (Å²) >= 11 is 6.00. The molecule has 1 amide bonds. The zero-order valence-electron chi connectivity index (χ0n) is 11.2. The van der Waals surface area contributed by atoms with Gasteiger partial charge in [-0.2, -0.15) is 0 Å². The third-order valence-electron chi connectivity index (χ3n) is 3.29. The molecule has 4 nitrogen and oxygen atoms in total. The second-order valence-corrected chi connectivity index (χ2v) is 5.21. The van der Waals surface area contributed by atoms with Gasteiger partial charge in [-0.3, -0.25) is 4.79 Å². The smallest absolute Gasteiger partial charge is 0.252 e. The third-order valence-corrected chi connectivity index (χ3v) is 3.62. The quantitative estimate of drug-likeness (QED) is 0.893. The van der Waals surface area contributed by atoms with Crippen molar-refractivity contribution in [1.82, 2.24) is 5.32 Å². The second-order valence-electron chi connectivity index (χ2n) is 4.80. The lowest BCUT2D eigenvalue weighted by atomic mass is 10.1. The van der Waals surface area contributed by atoms with Crippen molar-refractivity contribution in [1.29, 1.82) is 0 Å². The Morgan fingerprint density at radius 1 is 1.47 bits per heavy atom. The fourth-order valence-corrected chi connectivity index (χ4v) is 2.41. The van der Waals surface area contributed by atoms with E-state index < -0.39 is 0 Å². The number of carbonyl (C=O) groups is 1. The maximum atomic E-state index is 11.6. The SMILES string of the molecule is CNC(=O)c1cc(NCC2CCC(C)O2)ccc1Cl. The summed E-state index contributed by atoms with van der Waals surface area (Å²) in [4.78, 5) is 11.6. The molecule has 1 fully saturated rings. The summed E-state index contributed by atoms with van der Waals surface area (Å²) in [6.45, 7) is 2.84. The summed E-state index contributed by atoms with van der Waals surface area (Å²) in [6, 6.07) is 5.36. The summed E-state index contributed by atoms with van der Waals surface area (Å²) in [6.07, 6.45) is 2.77. The summed E-state index contributed by atoms with van der Waals surface area (Å²) in [7, 11) is 1.59. The second kappa shape index (κ2) is 6.26. The number of nitrogens with one attached hydrogen (secondary N) is 2. The molecule has 1 heterocycles. The van der Waals surface area contributed by atoms with Crippen LogP contribution in [0.1, 0.15) is 30.1 Å². The largest absolute Gasteiger partial charge is 0.382 e. The van der Waals surface area contributed by atoms with Crippen LogP contribution >= 0.6 is 11.6 Å². The molecule has 104 valence electrons. The van der Waals surface area contributed by atoms with E-state index in [1.165, 1.54) is 0 Å². The molecular formula is C14H19ClN2O2. The summed E-state index contributed by atoms with van der Waals surface area (Å²) in [5, 5.41) is 6.32. The topological polar surface area (TPSA) is 50.4 Å². The van der Waals surface area contributed by atoms with Gasteiger partial charge in [-0.25, -0.2) is 0 Å². The van der Waals surface area contributed by atoms with E-state index in [0.29, 0.717) is 16.7 Å². The lowest BCUT2D eigenvalue weighted by Gasteiger charge is -2.14. The number of amides is 1. The van der Waals surface area contributed by atoms with Gasteiger partial charge in [0.1, 0.15) is 0 Å². The first kappa shape index (κ1) is 14.2. The molecule has 0 radical (unpaired) electrons. The average molecular weight is 283 g/mol. The van der Waals surface area contributed by atoms with E-state index in [-0.39, 0.29) is 12.0 Å². The average Bonchev–Trinajstić information content (AvgIpc) is 2.83. The molecule has 2 rings (SSSR count). The third kappa shape index (κ3) is 3.61. The van der Waals surface area contributed by atoms with Gasteiger partial charge in [0.15, 0.2) is 0 Å². The highest BCUT2D eigenvalue weighted by atomic mass is 35.5. The van der Waals surface area contributed by atoms with Crippen LogP contribution < -0.4 is 10.6 Å². The molecule has 2 N–H and O–H groups in total. The van der Waals surface area contributed by atoms with E-state index in [0.717, 1.165) is 25.1 Å². The van der Waals surface area contributed by atoms with E-state index in [1.54, 1.807) is 19.2 Å². The molecule has 19 heavy (non-hydrogen) atoms. The summed E-state index contributed by atoms with van der Waals surface area (Å²) < 4.78 is 5.74. The van der Waals surface area contributed by atoms with E-state index in [1.807, 2.05) is 6.07 Å². The van der Waals surface area contributed by atoms with Crippen molar-refractivity contribution in [3.63, 3.8) is 0 Å². The minimum absolute atomic E-state index is 0.181. The molecule has 2 unspecified atom stereocenters. The Kier molecular flexibility index (Phi) is 4.66. The van der Waals surface area contributed by atoms with Crippen molar-refractivity contribution >= 4 is 23.2 Å². The number of anilines is 1. The zero-order chi connectivity index (χ0) is 13.8. The fourth-order valence-electron chi connectivity index (χ4n) is 2.21. The van der Waals surface area contributed by atoms with E-state index in [9.17, 15) is 4.79 Å². The Balaban J connectivity index is 1.99. The maximum Gasteiger partial charge on any atom is 0.252 e. The van der Waals surface area contributed by atoms with Crippen LogP contribution in [0.4, 0.5) is 5.69 Å².